The first-order valence-corrected chi connectivity index (χ1v) is 9.33. The normalized spacial score (nSPS) is 14.1. The molecule has 1 fully saturated rings. The molecule has 2 aromatic carbocycles. The lowest BCUT2D eigenvalue weighted by Crippen LogP contribution is -2.53. The fourth-order valence-corrected chi connectivity index (χ4v) is 3.48. The van der Waals surface area contributed by atoms with Gasteiger partial charge in [-0.1, -0.05) is 35.3 Å². The van der Waals surface area contributed by atoms with Gasteiger partial charge < -0.3 is 15.1 Å². The third-order valence-corrected chi connectivity index (χ3v) is 5.22. The number of nitrogens with zero attached hydrogens (tertiary/aromatic N) is 2. The van der Waals surface area contributed by atoms with E-state index in [1.165, 1.54) is 15.9 Å². The number of benzene rings is 2. The number of amides is 3. The van der Waals surface area contributed by atoms with Crippen LogP contribution in [0.3, 0.4) is 0 Å². The fraction of sp³-hybridized carbons (Fsp3) is 0.263. The van der Waals surface area contributed by atoms with Crippen LogP contribution in [-0.4, -0.2) is 47.9 Å². The molecule has 0 unspecified atom stereocenters. The maximum Gasteiger partial charge on any atom is 0.317 e. The third-order valence-electron chi connectivity index (χ3n) is 4.51. The van der Waals surface area contributed by atoms with Crippen molar-refractivity contribution in [2.45, 2.75) is 6.54 Å². The Labute approximate surface area is 170 Å². The molecule has 2 aromatic rings. The Balaban J connectivity index is 1.56. The van der Waals surface area contributed by atoms with E-state index < -0.39 is 23.1 Å². The molecule has 148 valence electrons. The average molecular weight is 428 g/mol. The molecule has 1 heterocycles. The first-order chi connectivity index (χ1) is 13.4. The lowest BCUT2D eigenvalue weighted by molar-refractivity contribution is 0.0655. The minimum Gasteiger partial charge on any atom is -0.335 e. The maximum absolute atomic E-state index is 13.8. The highest BCUT2D eigenvalue weighted by atomic mass is 35.5. The molecule has 1 aliphatic heterocycles. The minimum atomic E-state index is -0.901. The van der Waals surface area contributed by atoms with Crippen LogP contribution in [0.5, 0.6) is 0 Å². The lowest BCUT2D eigenvalue weighted by Gasteiger charge is -2.34. The van der Waals surface area contributed by atoms with Crippen molar-refractivity contribution < 1.29 is 18.4 Å². The van der Waals surface area contributed by atoms with Gasteiger partial charge in [-0.05, 0) is 24.3 Å². The van der Waals surface area contributed by atoms with Crippen LogP contribution in [0.25, 0.3) is 0 Å². The highest BCUT2D eigenvalue weighted by Gasteiger charge is 2.28. The number of rotatable bonds is 3. The Morgan fingerprint density at radius 2 is 1.39 bits per heavy atom. The fourth-order valence-electron chi connectivity index (χ4n) is 2.95. The maximum atomic E-state index is 13.8. The zero-order valence-electron chi connectivity index (χ0n) is 14.7. The summed E-state index contributed by atoms with van der Waals surface area (Å²) in [6.07, 6.45) is 0. The van der Waals surface area contributed by atoms with Gasteiger partial charge >= 0.3 is 6.03 Å². The topological polar surface area (TPSA) is 52.7 Å². The molecular formula is C19H17Cl2F2N3O2. The Bertz CT molecular complexity index is 862. The summed E-state index contributed by atoms with van der Waals surface area (Å²) >= 11 is 12.2. The summed E-state index contributed by atoms with van der Waals surface area (Å²) in [6, 6.07) is 8.03. The van der Waals surface area contributed by atoms with Crippen LogP contribution in [0.15, 0.2) is 36.4 Å². The van der Waals surface area contributed by atoms with Crippen LogP contribution in [0.2, 0.25) is 10.0 Å². The molecule has 0 atom stereocenters. The molecule has 1 N–H and O–H groups in total. The number of carbonyl (C=O) groups is 2. The quantitative estimate of drug-likeness (QED) is 0.806. The summed E-state index contributed by atoms with van der Waals surface area (Å²) < 4.78 is 27.6. The van der Waals surface area contributed by atoms with Gasteiger partial charge in [-0.2, -0.15) is 0 Å². The van der Waals surface area contributed by atoms with Crippen LogP contribution in [-0.2, 0) is 6.54 Å². The summed E-state index contributed by atoms with van der Waals surface area (Å²) in [5.74, 6) is -2.53. The van der Waals surface area contributed by atoms with Crippen molar-refractivity contribution in [3.05, 3.63) is 69.2 Å². The van der Waals surface area contributed by atoms with E-state index in [9.17, 15) is 18.4 Å². The van der Waals surface area contributed by atoms with Crippen molar-refractivity contribution >= 4 is 35.1 Å². The van der Waals surface area contributed by atoms with Crippen molar-refractivity contribution in [1.29, 1.82) is 0 Å². The number of hydrogen-bond acceptors (Lipinski definition) is 2. The van der Waals surface area contributed by atoms with Gasteiger partial charge in [-0.25, -0.2) is 13.6 Å². The second-order valence-electron chi connectivity index (χ2n) is 6.23. The highest BCUT2D eigenvalue weighted by Crippen LogP contribution is 2.24. The van der Waals surface area contributed by atoms with Gasteiger partial charge in [0, 0.05) is 48.3 Å². The van der Waals surface area contributed by atoms with E-state index >= 15 is 0 Å². The minimum absolute atomic E-state index is 0.164. The average Bonchev–Trinajstić information content (AvgIpc) is 2.67. The van der Waals surface area contributed by atoms with Crippen LogP contribution < -0.4 is 5.32 Å². The summed E-state index contributed by atoms with van der Waals surface area (Å²) in [6.45, 7) is 0.991. The number of piperazine rings is 1. The van der Waals surface area contributed by atoms with Crippen molar-refractivity contribution in [3.8, 4) is 0 Å². The Kier molecular flexibility index (Phi) is 6.36. The molecule has 1 aliphatic rings. The highest BCUT2D eigenvalue weighted by molar-refractivity contribution is 6.36. The monoisotopic (exact) mass is 427 g/mol. The van der Waals surface area contributed by atoms with Gasteiger partial charge in [-0.15, -0.1) is 0 Å². The zero-order valence-corrected chi connectivity index (χ0v) is 16.2. The Morgan fingerprint density at radius 1 is 0.893 bits per heavy atom. The zero-order chi connectivity index (χ0) is 20.3. The van der Waals surface area contributed by atoms with E-state index in [-0.39, 0.29) is 38.8 Å². The first-order valence-electron chi connectivity index (χ1n) is 8.57. The van der Waals surface area contributed by atoms with E-state index in [1.807, 2.05) is 0 Å². The second-order valence-corrected chi connectivity index (χ2v) is 7.05. The largest absolute Gasteiger partial charge is 0.335 e. The standard InChI is InChI=1S/C19H17Cl2F2N3O2/c20-13-3-1-4-14(21)12(13)11-24-19(28)26-9-7-25(8-10-26)18(27)17-15(22)5-2-6-16(17)23/h1-6H,7-11H2,(H,24,28). The summed E-state index contributed by atoms with van der Waals surface area (Å²) in [4.78, 5) is 27.6. The number of nitrogens with one attached hydrogen (secondary N) is 1. The van der Waals surface area contributed by atoms with Gasteiger partial charge in [0.2, 0.25) is 0 Å². The Hall–Kier alpha value is -2.38. The molecule has 3 rings (SSSR count). The predicted octanol–water partition coefficient (Wildman–Crippen LogP) is 3.94. The smallest absolute Gasteiger partial charge is 0.317 e. The van der Waals surface area contributed by atoms with Crippen LogP contribution in [0, 0.1) is 11.6 Å². The predicted molar refractivity (Wildman–Crippen MR) is 103 cm³/mol. The molecule has 0 aliphatic carbocycles. The third kappa shape index (κ3) is 4.36. The van der Waals surface area contributed by atoms with Crippen LogP contribution in [0.4, 0.5) is 13.6 Å². The molecule has 1 saturated heterocycles. The van der Waals surface area contributed by atoms with Gasteiger partial charge in [0.25, 0.3) is 5.91 Å². The molecule has 0 saturated carbocycles. The van der Waals surface area contributed by atoms with Crippen LogP contribution in [0.1, 0.15) is 15.9 Å². The molecule has 3 amide bonds. The van der Waals surface area contributed by atoms with Crippen molar-refractivity contribution in [2.75, 3.05) is 26.2 Å². The molecule has 28 heavy (non-hydrogen) atoms. The number of halogens is 4. The van der Waals surface area contributed by atoms with E-state index in [0.29, 0.717) is 15.6 Å². The Morgan fingerprint density at radius 3 is 1.96 bits per heavy atom. The van der Waals surface area contributed by atoms with E-state index in [2.05, 4.69) is 5.32 Å². The molecule has 0 radical (unpaired) electrons. The number of carbonyl (C=O) groups excluding carboxylic acids is 2. The van der Waals surface area contributed by atoms with E-state index in [0.717, 1.165) is 12.1 Å². The lowest BCUT2D eigenvalue weighted by atomic mass is 10.1. The van der Waals surface area contributed by atoms with Gasteiger partial charge in [0.1, 0.15) is 17.2 Å². The van der Waals surface area contributed by atoms with Gasteiger partial charge in [-0.3, -0.25) is 4.79 Å². The van der Waals surface area contributed by atoms with Crippen molar-refractivity contribution in [3.63, 3.8) is 0 Å². The summed E-state index contributed by atoms with van der Waals surface area (Å²) in [7, 11) is 0. The molecule has 9 heteroatoms. The molecule has 0 aromatic heterocycles. The van der Waals surface area contributed by atoms with Crippen molar-refractivity contribution in [1.82, 2.24) is 15.1 Å². The molecule has 0 spiro atoms. The molecule has 5 nitrogen and oxygen atoms in total. The summed E-state index contributed by atoms with van der Waals surface area (Å²) in [5.41, 5.74) is 0.0387. The number of hydrogen-bond donors (Lipinski definition) is 1. The van der Waals surface area contributed by atoms with Gasteiger partial charge in [0.05, 0.1) is 0 Å². The summed E-state index contributed by atoms with van der Waals surface area (Å²) in [5, 5.41) is 3.65. The van der Waals surface area contributed by atoms with Crippen molar-refractivity contribution in [2.24, 2.45) is 0 Å². The first kappa shape index (κ1) is 20.4. The van der Waals surface area contributed by atoms with E-state index in [4.69, 9.17) is 23.2 Å². The van der Waals surface area contributed by atoms with E-state index in [1.54, 1.807) is 18.2 Å². The van der Waals surface area contributed by atoms with Gasteiger partial charge in [0.15, 0.2) is 0 Å². The SMILES string of the molecule is O=C(NCc1c(Cl)cccc1Cl)N1CCN(C(=O)c2c(F)cccc2F)CC1. The van der Waals surface area contributed by atoms with Crippen LogP contribution >= 0.6 is 23.2 Å². The molecule has 0 bridgehead atoms. The number of urea groups is 1. The second kappa shape index (κ2) is 8.75. The molecular weight excluding hydrogens is 411 g/mol.